The molecule has 120 valence electrons. The Morgan fingerprint density at radius 1 is 1.29 bits per heavy atom. The van der Waals surface area contributed by atoms with Gasteiger partial charge >= 0.3 is 0 Å². The van der Waals surface area contributed by atoms with Gasteiger partial charge in [0, 0.05) is 12.6 Å². The molecule has 0 radical (unpaired) electrons. The van der Waals surface area contributed by atoms with Crippen molar-refractivity contribution in [1.29, 1.82) is 0 Å². The zero-order valence-electron chi connectivity index (χ0n) is 13.8. The lowest BCUT2D eigenvalue weighted by atomic mass is 9.93. The van der Waals surface area contributed by atoms with E-state index in [4.69, 9.17) is 11.6 Å². The molecule has 2 atom stereocenters. The van der Waals surface area contributed by atoms with Crippen LogP contribution in [-0.4, -0.2) is 22.4 Å². The minimum atomic E-state index is 0.690. The second-order valence-corrected chi connectivity index (χ2v) is 6.78. The van der Waals surface area contributed by atoms with Crippen molar-refractivity contribution in [1.82, 2.24) is 15.1 Å². The van der Waals surface area contributed by atoms with Crippen LogP contribution in [0.3, 0.4) is 0 Å². The van der Waals surface area contributed by atoms with Crippen LogP contribution in [0, 0.1) is 12.8 Å². The van der Waals surface area contributed by atoms with Crippen molar-refractivity contribution < 1.29 is 0 Å². The minimum Gasteiger partial charge on any atom is -0.314 e. The number of hydrogen-bond donors (Lipinski definition) is 1. The molecule has 1 aromatic heterocycles. The summed E-state index contributed by atoms with van der Waals surface area (Å²) in [6, 6.07) is 0.690. The topological polar surface area (TPSA) is 29.9 Å². The second kappa shape index (κ2) is 8.19. The van der Waals surface area contributed by atoms with Crippen LogP contribution >= 0.6 is 11.6 Å². The molecular formula is C17H30ClN3. The van der Waals surface area contributed by atoms with E-state index in [9.17, 15) is 0 Å². The van der Waals surface area contributed by atoms with Crippen LogP contribution in [0.25, 0.3) is 0 Å². The molecule has 1 aliphatic carbocycles. The molecule has 0 bridgehead atoms. The highest BCUT2D eigenvalue weighted by atomic mass is 35.5. The van der Waals surface area contributed by atoms with E-state index in [1.807, 2.05) is 6.92 Å². The second-order valence-electron chi connectivity index (χ2n) is 6.40. The molecule has 1 fully saturated rings. The summed E-state index contributed by atoms with van der Waals surface area (Å²) in [5.41, 5.74) is 2.22. The third kappa shape index (κ3) is 4.46. The van der Waals surface area contributed by atoms with Gasteiger partial charge < -0.3 is 5.32 Å². The monoisotopic (exact) mass is 311 g/mol. The first-order valence-corrected chi connectivity index (χ1v) is 8.98. The lowest BCUT2D eigenvalue weighted by Crippen LogP contribution is -2.31. The average molecular weight is 312 g/mol. The summed E-state index contributed by atoms with van der Waals surface area (Å²) in [6.07, 6.45) is 8.95. The average Bonchev–Trinajstić information content (AvgIpc) is 2.67. The summed E-state index contributed by atoms with van der Waals surface area (Å²) in [5, 5.41) is 9.16. The van der Waals surface area contributed by atoms with E-state index in [-0.39, 0.29) is 0 Å². The van der Waals surface area contributed by atoms with Crippen LogP contribution in [0.2, 0.25) is 5.02 Å². The van der Waals surface area contributed by atoms with Gasteiger partial charge in [-0.15, -0.1) is 0 Å². The molecule has 1 saturated carbocycles. The van der Waals surface area contributed by atoms with E-state index in [0.29, 0.717) is 6.04 Å². The number of halogens is 1. The molecule has 4 heteroatoms. The first-order chi connectivity index (χ1) is 10.2. The Bertz CT molecular complexity index is 441. The van der Waals surface area contributed by atoms with Gasteiger partial charge in [-0.1, -0.05) is 37.8 Å². The van der Waals surface area contributed by atoms with E-state index in [2.05, 4.69) is 28.9 Å². The highest BCUT2D eigenvalue weighted by molar-refractivity contribution is 6.31. The number of nitrogens with one attached hydrogen (secondary N) is 1. The van der Waals surface area contributed by atoms with Gasteiger partial charge in [-0.05, 0) is 52.0 Å². The summed E-state index contributed by atoms with van der Waals surface area (Å²) in [4.78, 5) is 0. The van der Waals surface area contributed by atoms with Gasteiger partial charge in [0.2, 0.25) is 0 Å². The number of aromatic nitrogens is 2. The van der Waals surface area contributed by atoms with Gasteiger partial charge in [0.25, 0.3) is 0 Å². The quantitative estimate of drug-likeness (QED) is 0.791. The predicted molar refractivity (Wildman–Crippen MR) is 90.0 cm³/mol. The van der Waals surface area contributed by atoms with Gasteiger partial charge in [0.15, 0.2) is 0 Å². The molecule has 0 amide bonds. The van der Waals surface area contributed by atoms with Crippen LogP contribution in [0.1, 0.15) is 63.8 Å². The fraction of sp³-hybridized carbons (Fsp3) is 0.824. The molecule has 2 rings (SSSR count). The Labute approximate surface area is 134 Å². The Kier molecular flexibility index (Phi) is 6.56. The van der Waals surface area contributed by atoms with Crippen LogP contribution < -0.4 is 5.32 Å². The highest BCUT2D eigenvalue weighted by Gasteiger charge is 2.23. The van der Waals surface area contributed by atoms with Gasteiger partial charge in [0.1, 0.15) is 0 Å². The van der Waals surface area contributed by atoms with E-state index in [1.54, 1.807) is 0 Å². The smallest absolute Gasteiger partial charge is 0.0847 e. The van der Waals surface area contributed by atoms with Gasteiger partial charge in [-0.25, -0.2) is 0 Å². The van der Waals surface area contributed by atoms with E-state index in [0.717, 1.165) is 36.1 Å². The fourth-order valence-electron chi connectivity index (χ4n) is 3.52. The molecule has 0 aromatic carbocycles. The van der Waals surface area contributed by atoms with Gasteiger partial charge in [0.05, 0.1) is 16.4 Å². The normalized spacial score (nSPS) is 23.2. The van der Waals surface area contributed by atoms with Crippen LogP contribution in [0.5, 0.6) is 0 Å². The van der Waals surface area contributed by atoms with E-state index < -0.39 is 0 Å². The van der Waals surface area contributed by atoms with Crippen LogP contribution in [0.15, 0.2) is 0 Å². The molecule has 21 heavy (non-hydrogen) atoms. The fourth-order valence-corrected chi connectivity index (χ4v) is 3.73. The number of nitrogens with zero attached hydrogens (tertiary/aromatic N) is 2. The Morgan fingerprint density at radius 3 is 2.76 bits per heavy atom. The molecule has 3 nitrogen and oxygen atoms in total. The van der Waals surface area contributed by atoms with Crippen molar-refractivity contribution in [3.8, 4) is 0 Å². The summed E-state index contributed by atoms with van der Waals surface area (Å²) in [6.45, 7) is 8.45. The minimum absolute atomic E-state index is 0.690. The third-order valence-electron chi connectivity index (χ3n) is 4.65. The van der Waals surface area contributed by atoms with Gasteiger partial charge in [-0.2, -0.15) is 5.10 Å². The van der Waals surface area contributed by atoms with Crippen molar-refractivity contribution in [3.05, 3.63) is 16.4 Å². The van der Waals surface area contributed by atoms with Crippen molar-refractivity contribution in [2.75, 3.05) is 6.54 Å². The summed E-state index contributed by atoms with van der Waals surface area (Å²) in [5.74, 6) is 0.737. The van der Waals surface area contributed by atoms with E-state index in [1.165, 1.54) is 44.2 Å². The van der Waals surface area contributed by atoms with Gasteiger partial charge in [-0.3, -0.25) is 4.68 Å². The first kappa shape index (κ1) is 16.8. The maximum atomic E-state index is 6.47. The largest absolute Gasteiger partial charge is 0.314 e. The number of rotatable bonds is 6. The Hall–Kier alpha value is -0.540. The maximum Gasteiger partial charge on any atom is 0.0847 e. The molecule has 0 aliphatic heterocycles. The number of aryl methyl sites for hydroxylation is 2. The summed E-state index contributed by atoms with van der Waals surface area (Å²) < 4.78 is 2.09. The molecular weight excluding hydrogens is 282 g/mol. The Morgan fingerprint density at radius 2 is 2.05 bits per heavy atom. The molecule has 1 heterocycles. The van der Waals surface area contributed by atoms with E-state index >= 15 is 0 Å². The standard InChI is InChI=1S/C17H30ClN3/c1-4-10-19-15-9-7-6-8-14(11-15)12-16-17(18)13(3)20-21(16)5-2/h14-15,19H,4-12H2,1-3H3. The van der Waals surface area contributed by atoms with Crippen molar-refractivity contribution >= 4 is 11.6 Å². The Balaban J connectivity index is 2.03. The van der Waals surface area contributed by atoms with Crippen molar-refractivity contribution in [3.63, 3.8) is 0 Å². The molecule has 0 saturated heterocycles. The maximum absolute atomic E-state index is 6.47. The molecule has 1 aromatic rings. The molecule has 1 aliphatic rings. The van der Waals surface area contributed by atoms with Crippen LogP contribution in [0.4, 0.5) is 0 Å². The molecule has 2 unspecified atom stereocenters. The zero-order chi connectivity index (χ0) is 15.2. The van der Waals surface area contributed by atoms with Crippen LogP contribution in [-0.2, 0) is 13.0 Å². The SMILES string of the molecule is CCCNC1CCCCC(Cc2c(Cl)c(C)nn2CC)C1. The lowest BCUT2D eigenvalue weighted by Gasteiger charge is -2.21. The number of hydrogen-bond acceptors (Lipinski definition) is 2. The lowest BCUT2D eigenvalue weighted by molar-refractivity contribution is 0.377. The third-order valence-corrected chi connectivity index (χ3v) is 5.14. The molecule has 1 N–H and O–H groups in total. The highest BCUT2D eigenvalue weighted by Crippen LogP contribution is 2.30. The first-order valence-electron chi connectivity index (χ1n) is 8.60. The summed E-state index contributed by atoms with van der Waals surface area (Å²) in [7, 11) is 0. The molecule has 0 spiro atoms. The predicted octanol–water partition coefficient (Wildman–Crippen LogP) is 4.36. The zero-order valence-corrected chi connectivity index (χ0v) is 14.5. The summed E-state index contributed by atoms with van der Waals surface area (Å²) >= 11 is 6.47. The van der Waals surface area contributed by atoms with Crippen molar-refractivity contribution in [2.24, 2.45) is 5.92 Å². The van der Waals surface area contributed by atoms with Crippen molar-refractivity contribution in [2.45, 2.75) is 78.3 Å².